The summed E-state index contributed by atoms with van der Waals surface area (Å²) in [6.07, 6.45) is 1.77. The van der Waals surface area contributed by atoms with Gasteiger partial charge in [0, 0.05) is 23.9 Å². The quantitative estimate of drug-likeness (QED) is 0.569. The van der Waals surface area contributed by atoms with Gasteiger partial charge in [0.2, 0.25) is 5.91 Å². The smallest absolute Gasteiger partial charge is 0.229 e. The van der Waals surface area contributed by atoms with Crippen LogP contribution in [0.5, 0.6) is 0 Å². The van der Waals surface area contributed by atoms with Crippen molar-refractivity contribution in [3.8, 4) is 0 Å². The molecule has 1 saturated heterocycles. The molecule has 0 atom stereocenters. The zero-order chi connectivity index (χ0) is 19.7. The summed E-state index contributed by atoms with van der Waals surface area (Å²) < 4.78 is 3.51. The second-order valence-corrected chi connectivity index (χ2v) is 9.67. The summed E-state index contributed by atoms with van der Waals surface area (Å²) in [5, 5.41) is 3.78. The Hall–Kier alpha value is -1.89. The molecule has 0 unspecified atom stereocenters. The summed E-state index contributed by atoms with van der Waals surface area (Å²) in [5.41, 5.74) is 4.68. The number of rotatable bonds is 4. The lowest BCUT2D eigenvalue weighted by Gasteiger charge is -2.30. The molecule has 1 aromatic heterocycles. The summed E-state index contributed by atoms with van der Waals surface area (Å²) in [7, 11) is 0. The van der Waals surface area contributed by atoms with Crippen LogP contribution in [-0.2, 0) is 4.79 Å². The van der Waals surface area contributed by atoms with E-state index in [0.29, 0.717) is 5.13 Å². The molecule has 1 aliphatic heterocycles. The first-order valence-corrected chi connectivity index (χ1v) is 11.3. The van der Waals surface area contributed by atoms with Crippen LogP contribution in [0.4, 0.5) is 5.13 Å². The van der Waals surface area contributed by atoms with Gasteiger partial charge in [-0.25, -0.2) is 9.29 Å². The molecule has 1 amide bonds. The van der Waals surface area contributed by atoms with Crippen LogP contribution in [0.1, 0.15) is 29.5 Å². The van der Waals surface area contributed by atoms with Gasteiger partial charge in [-0.3, -0.25) is 4.79 Å². The largest absolute Gasteiger partial charge is 0.302 e. The summed E-state index contributed by atoms with van der Waals surface area (Å²) in [6.45, 7) is 8.16. The first kappa shape index (κ1) is 19.4. The second-order valence-electron chi connectivity index (χ2n) is 7.50. The molecule has 1 N–H and O–H groups in total. The van der Waals surface area contributed by atoms with Gasteiger partial charge in [0.1, 0.15) is 0 Å². The Balaban J connectivity index is 1.35. The molecule has 2 heterocycles. The number of amides is 1. The molecule has 2 aromatic carbocycles. The van der Waals surface area contributed by atoms with Crippen LogP contribution >= 0.6 is 23.3 Å². The number of nitrogens with one attached hydrogen (secondary N) is 1. The number of nitrogens with zero attached hydrogens (tertiary/aromatic N) is 2. The van der Waals surface area contributed by atoms with Gasteiger partial charge in [-0.1, -0.05) is 35.6 Å². The van der Waals surface area contributed by atoms with Crippen molar-refractivity contribution in [2.24, 2.45) is 5.92 Å². The van der Waals surface area contributed by atoms with Crippen LogP contribution in [0.15, 0.2) is 41.3 Å². The van der Waals surface area contributed by atoms with E-state index in [-0.39, 0.29) is 11.8 Å². The first-order chi connectivity index (χ1) is 13.5. The highest BCUT2D eigenvalue weighted by atomic mass is 32.2. The molecule has 28 heavy (non-hydrogen) atoms. The van der Waals surface area contributed by atoms with E-state index >= 15 is 0 Å². The number of fused-ring (bicyclic) bond motifs is 1. The summed E-state index contributed by atoms with van der Waals surface area (Å²) in [6, 6.07) is 12.7. The number of aromatic nitrogens is 1. The van der Waals surface area contributed by atoms with Crippen molar-refractivity contribution in [2.45, 2.75) is 38.5 Å². The van der Waals surface area contributed by atoms with E-state index in [1.165, 1.54) is 16.0 Å². The van der Waals surface area contributed by atoms with Crippen LogP contribution in [0.25, 0.3) is 10.2 Å². The Morgan fingerprint density at radius 2 is 1.89 bits per heavy atom. The molecule has 1 fully saturated rings. The van der Waals surface area contributed by atoms with Crippen molar-refractivity contribution in [1.82, 2.24) is 9.29 Å². The molecule has 0 aliphatic carbocycles. The fourth-order valence-electron chi connectivity index (χ4n) is 3.64. The minimum Gasteiger partial charge on any atom is -0.302 e. The molecular weight excluding hydrogens is 386 g/mol. The Kier molecular flexibility index (Phi) is 5.71. The normalized spacial score (nSPS) is 15.8. The Labute approximate surface area is 174 Å². The number of anilines is 1. The van der Waals surface area contributed by atoms with Gasteiger partial charge in [-0.2, -0.15) is 0 Å². The number of carbonyl (C=O) groups excluding carboxylic acids is 1. The zero-order valence-corrected chi connectivity index (χ0v) is 18.1. The minimum atomic E-state index is 0.0589. The minimum absolute atomic E-state index is 0.0589. The highest BCUT2D eigenvalue weighted by molar-refractivity contribution is 7.97. The van der Waals surface area contributed by atoms with E-state index < -0.39 is 0 Å². The van der Waals surface area contributed by atoms with Gasteiger partial charge >= 0.3 is 0 Å². The lowest BCUT2D eigenvalue weighted by molar-refractivity contribution is -0.120. The van der Waals surface area contributed by atoms with E-state index in [1.54, 1.807) is 23.3 Å². The lowest BCUT2D eigenvalue weighted by atomic mass is 9.97. The van der Waals surface area contributed by atoms with Gasteiger partial charge in [-0.15, -0.1) is 0 Å². The number of piperidine rings is 1. The Morgan fingerprint density at radius 3 is 2.64 bits per heavy atom. The highest BCUT2D eigenvalue weighted by Crippen LogP contribution is 2.32. The van der Waals surface area contributed by atoms with Crippen LogP contribution in [0, 0.1) is 26.7 Å². The molecule has 0 saturated carbocycles. The molecule has 4 rings (SSSR count). The van der Waals surface area contributed by atoms with Crippen LogP contribution in [0.3, 0.4) is 0 Å². The number of benzene rings is 2. The number of aryl methyl sites for hydroxylation is 3. The van der Waals surface area contributed by atoms with Crippen LogP contribution < -0.4 is 5.32 Å². The second kappa shape index (κ2) is 8.23. The summed E-state index contributed by atoms with van der Waals surface area (Å²) >= 11 is 3.37. The van der Waals surface area contributed by atoms with E-state index in [1.807, 2.05) is 0 Å². The van der Waals surface area contributed by atoms with Gasteiger partial charge in [0.25, 0.3) is 0 Å². The fourth-order valence-corrected chi connectivity index (χ4v) is 5.71. The van der Waals surface area contributed by atoms with E-state index in [9.17, 15) is 4.79 Å². The third-order valence-corrected chi connectivity index (χ3v) is 7.40. The average Bonchev–Trinajstić information content (AvgIpc) is 3.07. The number of hydrogen-bond acceptors (Lipinski definition) is 5. The number of thiazole rings is 1. The Bertz CT molecular complexity index is 1010. The zero-order valence-electron chi connectivity index (χ0n) is 16.5. The van der Waals surface area contributed by atoms with E-state index in [0.717, 1.165) is 41.7 Å². The number of carbonyl (C=O) groups is 1. The van der Waals surface area contributed by atoms with E-state index in [2.05, 4.69) is 71.8 Å². The lowest BCUT2D eigenvalue weighted by Crippen LogP contribution is -2.34. The fraction of sp³-hybridized carbons (Fsp3) is 0.364. The summed E-state index contributed by atoms with van der Waals surface area (Å²) in [4.78, 5) is 18.7. The standard InChI is InChI=1S/C22H25N3OS2/c1-14-12-16(3)20-19(13-14)27-22(23-20)24-21(26)17-8-10-25(11-9-17)28-18-7-5-4-6-15(18)2/h4-7,12-13,17H,8-11H2,1-3H3,(H,23,24,26). The third kappa shape index (κ3) is 4.24. The maximum Gasteiger partial charge on any atom is 0.229 e. The van der Waals surface area contributed by atoms with Crippen molar-refractivity contribution in [3.05, 3.63) is 53.1 Å². The highest BCUT2D eigenvalue weighted by Gasteiger charge is 2.26. The predicted molar refractivity (Wildman–Crippen MR) is 119 cm³/mol. The van der Waals surface area contributed by atoms with Gasteiger partial charge < -0.3 is 5.32 Å². The SMILES string of the molecule is Cc1cc(C)c2nc(NC(=O)C3CCN(Sc4ccccc4C)CC3)sc2c1. The predicted octanol–water partition coefficient (Wildman–Crippen LogP) is 5.58. The molecule has 6 heteroatoms. The Morgan fingerprint density at radius 1 is 1.14 bits per heavy atom. The van der Waals surface area contributed by atoms with Crippen molar-refractivity contribution in [3.63, 3.8) is 0 Å². The molecule has 1 aliphatic rings. The molecular formula is C22H25N3OS2. The van der Waals surface area contributed by atoms with Crippen molar-refractivity contribution >= 4 is 44.5 Å². The topological polar surface area (TPSA) is 45.2 Å². The van der Waals surface area contributed by atoms with Crippen LogP contribution in [-0.4, -0.2) is 28.3 Å². The molecule has 0 bridgehead atoms. The monoisotopic (exact) mass is 411 g/mol. The molecule has 146 valence electrons. The molecule has 3 aromatic rings. The van der Waals surface area contributed by atoms with Crippen molar-refractivity contribution in [1.29, 1.82) is 0 Å². The molecule has 0 spiro atoms. The maximum atomic E-state index is 12.7. The van der Waals surface area contributed by atoms with Gasteiger partial charge in [-0.05, 0) is 74.4 Å². The van der Waals surface area contributed by atoms with Crippen molar-refractivity contribution in [2.75, 3.05) is 18.4 Å². The van der Waals surface area contributed by atoms with Gasteiger partial charge in [0.15, 0.2) is 5.13 Å². The molecule has 4 nitrogen and oxygen atoms in total. The van der Waals surface area contributed by atoms with E-state index in [4.69, 9.17) is 0 Å². The molecule has 0 radical (unpaired) electrons. The summed E-state index contributed by atoms with van der Waals surface area (Å²) in [5.74, 6) is 0.164. The number of hydrogen-bond donors (Lipinski definition) is 1. The first-order valence-electron chi connectivity index (χ1n) is 9.67. The third-order valence-electron chi connectivity index (χ3n) is 5.21. The van der Waals surface area contributed by atoms with Crippen LogP contribution in [0.2, 0.25) is 0 Å². The average molecular weight is 412 g/mol. The van der Waals surface area contributed by atoms with Gasteiger partial charge in [0.05, 0.1) is 10.2 Å². The maximum absolute atomic E-state index is 12.7. The van der Waals surface area contributed by atoms with Crippen molar-refractivity contribution < 1.29 is 4.79 Å².